The molecule has 0 aliphatic carbocycles. The molecule has 7 nitrogen and oxygen atoms in total. The summed E-state index contributed by atoms with van der Waals surface area (Å²) in [7, 11) is -4.56. The summed E-state index contributed by atoms with van der Waals surface area (Å²) in [4.78, 5) is 21.3. The molecule has 0 saturated heterocycles. The highest BCUT2D eigenvalue weighted by molar-refractivity contribution is 7.46. The molecule has 0 amide bonds. The van der Waals surface area contributed by atoms with Crippen LogP contribution in [0.2, 0.25) is 0 Å². The smallest absolute Gasteiger partial charge is 0.379 e. The number of phosphoric acid groups is 1. The highest BCUT2D eigenvalue weighted by Gasteiger charge is 2.19. The average Bonchev–Trinajstić information content (AvgIpc) is 2.68. The van der Waals surface area contributed by atoms with Crippen molar-refractivity contribution in [1.82, 2.24) is 0 Å². The lowest BCUT2D eigenvalue weighted by Crippen LogP contribution is -2.24. The van der Waals surface area contributed by atoms with E-state index >= 15 is 0 Å². The summed E-state index contributed by atoms with van der Waals surface area (Å²) < 4.78 is 20.2. The van der Waals surface area contributed by atoms with Crippen molar-refractivity contribution in [3.05, 3.63) is 12.2 Å². The molecule has 174 valence electrons. The number of hydrogen-bond acceptors (Lipinski definition) is 5. The second kappa shape index (κ2) is 21.0. The van der Waals surface area contributed by atoms with Crippen LogP contribution in [0.15, 0.2) is 12.2 Å². The van der Waals surface area contributed by atoms with Crippen LogP contribution in [0, 0.1) is 0 Å². The predicted octanol–water partition coefficient (Wildman–Crippen LogP) is 6.01. The molecule has 1 atom stereocenters. The van der Waals surface area contributed by atoms with Gasteiger partial charge in [0.1, 0.15) is 6.10 Å². The maximum atomic E-state index is 10.6. The molecule has 0 spiro atoms. The minimum Gasteiger partial charge on any atom is -0.379 e. The first kappa shape index (κ1) is 28.7. The van der Waals surface area contributed by atoms with Crippen LogP contribution in [0.4, 0.5) is 0 Å². The Labute approximate surface area is 177 Å². The van der Waals surface area contributed by atoms with Gasteiger partial charge in [0.05, 0.1) is 13.2 Å². The zero-order valence-corrected chi connectivity index (χ0v) is 19.1. The van der Waals surface area contributed by atoms with Crippen molar-refractivity contribution in [3.63, 3.8) is 0 Å². The molecule has 0 radical (unpaired) electrons. The van der Waals surface area contributed by atoms with Crippen molar-refractivity contribution < 1.29 is 33.8 Å². The van der Waals surface area contributed by atoms with Gasteiger partial charge in [0, 0.05) is 6.61 Å². The summed E-state index contributed by atoms with van der Waals surface area (Å²) in [5.41, 5.74) is 0. The summed E-state index contributed by atoms with van der Waals surface area (Å²) >= 11 is 0. The van der Waals surface area contributed by atoms with Gasteiger partial charge in [-0.3, -0.25) is 9.78 Å². The normalized spacial score (nSPS) is 13.4. The van der Waals surface area contributed by atoms with Gasteiger partial charge in [0.25, 0.3) is 0 Å². The molecule has 3 N–H and O–H groups in total. The van der Waals surface area contributed by atoms with Crippen molar-refractivity contribution in [2.75, 3.05) is 19.8 Å². The molecule has 0 rings (SSSR count). The number of unbranched alkanes of at least 4 members (excludes halogenated alkanes) is 12. The molecule has 0 aromatic heterocycles. The van der Waals surface area contributed by atoms with Crippen LogP contribution < -0.4 is 0 Å². The highest BCUT2D eigenvalue weighted by Crippen LogP contribution is 2.35. The minimum atomic E-state index is -4.56. The molecular weight excluding hydrogens is 395 g/mol. The van der Waals surface area contributed by atoms with E-state index in [2.05, 4.69) is 28.5 Å². The minimum absolute atomic E-state index is 0.0293. The molecule has 8 heteroatoms. The van der Waals surface area contributed by atoms with Crippen LogP contribution in [0.5, 0.6) is 0 Å². The first-order valence-electron chi connectivity index (χ1n) is 11.2. The van der Waals surface area contributed by atoms with E-state index in [0.717, 1.165) is 12.8 Å². The van der Waals surface area contributed by atoms with Crippen LogP contribution in [0.3, 0.4) is 0 Å². The van der Waals surface area contributed by atoms with E-state index in [1.807, 2.05) is 0 Å². The molecule has 0 fully saturated rings. The van der Waals surface area contributed by atoms with E-state index in [0.29, 0.717) is 6.61 Å². The van der Waals surface area contributed by atoms with Crippen LogP contribution in [0.1, 0.15) is 96.8 Å². The standard InChI is InChI=1S/C21H43O7P/c1-2-3-4-5-6-7-8-9-10-11-12-13-14-15-16-17-18-26-19-21(28-22)20-27-29(23,24)25/h9-10,21-22H,2-8,11-20H2,1H3,(H2,23,24,25)/t21-/m1/s1. The van der Waals surface area contributed by atoms with Gasteiger partial charge in [-0.2, -0.15) is 0 Å². The Hall–Kier alpha value is -0.270. The third kappa shape index (κ3) is 23.9. The zero-order chi connectivity index (χ0) is 21.6. The topological polar surface area (TPSA) is 105 Å². The van der Waals surface area contributed by atoms with E-state index in [1.54, 1.807) is 0 Å². The Morgan fingerprint density at radius 3 is 1.83 bits per heavy atom. The van der Waals surface area contributed by atoms with Crippen LogP contribution >= 0.6 is 7.82 Å². The van der Waals surface area contributed by atoms with Crippen molar-refractivity contribution >= 4 is 7.82 Å². The third-order valence-corrected chi connectivity index (χ3v) is 5.17. The quantitative estimate of drug-likeness (QED) is 0.0625. The SMILES string of the molecule is CCCCCCCCC=CCCCCCCCCOC[C@H](COP(=O)(O)O)OO. The number of allylic oxidation sites excluding steroid dienone is 2. The molecule has 0 heterocycles. The fourth-order valence-electron chi connectivity index (χ4n) is 2.96. The van der Waals surface area contributed by atoms with E-state index in [-0.39, 0.29) is 6.61 Å². The van der Waals surface area contributed by atoms with Crippen molar-refractivity contribution in [2.24, 2.45) is 0 Å². The van der Waals surface area contributed by atoms with Gasteiger partial charge < -0.3 is 14.5 Å². The molecule has 29 heavy (non-hydrogen) atoms. The molecule has 0 aromatic carbocycles. The third-order valence-electron chi connectivity index (χ3n) is 4.68. The second-order valence-electron chi connectivity index (χ2n) is 7.53. The van der Waals surface area contributed by atoms with Crippen molar-refractivity contribution in [3.8, 4) is 0 Å². The lowest BCUT2D eigenvalue weighted by molar-refractivity contribution is -0.292. The molecule has 0 saturated carbocycles. The zero-order valence-electron chi connectivity index (χ0n) is 18.2. The van der Waals surface area contributed by atoms with E-state index in [4.69, 9.17) is 19.8 Å². The van der Waals surface area contributed by atoms with E-state index < -0.39 is 20.5 Å². The van der Waals surface area contributed by atoms with Gasteiger partial charge in [-0.1, -0.05) is 76.9 Å². The summed E-state index contributed by atoms with van der Waals surface area (Å²) in [6.45, 7) is 2.38. The Bertz CT molecular complexity index is 412. The Kier molecular flexibility index (Phi) is 20.8. The van der Waals surface area contributed by atoms with Gasteiger partial charge in [0.2, 0.25) is 0 Å². The monoisotopic (exact) mass is 438 g/mol. The van der Waals surface area contributed by atoms with Crippen LogP contribution in [0.25, 0.3) is 0 Å². The first-order chi connectivity index (χ1) is 14.0. The summed E-state index contributed by atoms with van der Waals surface area (Å²) in [5.74, 6) is 0. The summed E-state index contributed by atoms with van der Waals surface area (Å²) in [5, 5.41) is 8.65. The van der Waals surface area contributed by atoms with E-state index in [9.17, 15) is 4.57 Å². The maximum Gasteiger partial charge on any atom is 0.469 e. The number of phosphoric ester groups is 1. The largest absolute Gasteiger partial charge is 0.469 e. The lowest BCUT2D eigenvalue weighted by Gasteiger charge is -2.14. The van der Waals surface area contributed by atoms with Gasteiger partial charge in [-0.05, 0) is 32.1 Å². The maximum absolute atomic E-state index is 10.6. The lowest BCUT2D eigenvalue weighted by atomic mass is 10.1. The van der Waals surface area contributed by atoms with Crippen LogP contribution in [-0.2, 0) is 18.7 Å². The fraction of sp³-hybridized carbons (Fsp3) is 0.905. The van der Waals surface area contributed by atoms with Gasteiger partial charge in [-0.25, -0.2) is 9.45 Å². The van der Waals surface area contributed by atoms with Gasteiger partial charge in [-0.15, -0.1) is 0 Å². The molecule has 0 unspecified atom stereocenters. The predicted molar refractivity (Wildman–Crippen MR) is 116 cm³/mol. The number of rotatable bonds is 22. The van der Waals surface area contributed by atoms with E-state index in [1.165, 1.54) is 77.0 Å². The second-order valence-corrected chi connectivity index (χ2v) is 8.77. The van der Waals surface area contributed by atoms with Crippen LogP contribution in [-0.4, -0.2) is 41.0 Å². The number of hydrogen-bond donors (Lipinski definition) is 3. The van der Waals surface area contributed by atoms with Gasteiger partial charge in [0.15, 0.2) is 0 Å². The van der Waals surface area contributed by atoms with Gasteiger partial charge >= 0.3 is 7.82 Å². The average molecular weight is 439 g/mol. The molecule has 0 bridgehead atoms. The summed E-state index contributed by atoms with van der Waals surface area (Å²) in [6.07, 6.45) is 21.2. The fourth-order valence-corrected chi connectivity index (χ4v) is 3.32. The van der Waals surface area contributed by atoms with Crippen molar-refractivity contribution in [2.45, 2.75) is 103 Å². The Morgan fingerprint density at radius 2 is 1.31 bits per heavy atom. The van der Waals surface area contributed by atoms with Crippen molar-refractivity contribution in [1.29, 1.82) is 0 Å². The molecule has 0 aromatic rings. The number of ether oxygens (including phenoxy) is 1. The Morgan fingerprint density at radius 1 is 0.793 bits per heavy atom. The summed E-state index contributed by atoms with van der Waals surface area (Å²) in [6, 6.07) is 0. The highest BCUT2D eigenvalue weighted by atomic mass is 31.2. The molecule has 0 aliphatic rings. The molecular formula is C21H43O7P. The Balaban J connectivity index is 3.30. The first-order valence-corrected chi connectivity index (χ1v) is 12.8. The molecule has 0 aliphatic heterocycles.